The van der Waals surface area contributed by atoms with Crippen LogP contribution in [0.2, 0.25) is 0 Å². The Hall–Kier alpha value is -1.06. The predicted molar refractivity (Wildman–Crippen MR) is 60.8 cm³/mol. The summed E-state index contributed by atoms with van der Waals surface area (Å²) in [6.07, 6.45) is 3.55. The molecule has 4 nitrogen and oxygen atoms in total. The van der Waals surface area contributed by atoms with E-state index < -0.39 is 5.54 Å². The Labute approximate surface area is 96.4 Å². The van der Waals surface area contributed by atoms with Crippen molar-refractivity contribution in [2.24, 2.45) is 5.92 Å². The van der Waals surface area contributed by atoms with Crippen LogP contribution in [0.5, 0.6) is 0 Å². The van der Waals surface area contributed by atoms with Gasteiger partial charge in [0.25, 0.3) is 0 Å². The molecule has 1 aliphatic carbocycles. The van der Waals surface area contributed by atoms with Crippen molar-refractivity contribution in [3.63, 3.8) is 0 Å². The summed E-state index contributed by atoms with van der Waals surface area (Å²) in [5.74, 6) is 0.766. The second kappa shape index (κ2) is 4.07. The summed E-state index contributed by atoms with van der Waals surface area (Å²) in [7, 11) is 0. The van der Waals surface area contributed by atoms with E-state index in [-0.39, 0.29) is 11.8 Å². The molecular weight excluding hydrogens is 204 g/mol. The molecule has 1 saturated carbocycles. The maximum atomic E-state index is 12.3. The van der Waals surface area contributed by atoms with Gasteiger partial charge < -0.3 is 10.2 Å². The second-order valence-electron chi connectivity index (χ2n) is 5.18. The van der Waals surface area contributed by atoms with Gasteiger partial charge in [-0.15, -0.1) is 0 Å². The molecule has 1 heterocycles. The van der Waals surface area contributed by atoms with Crippen molar-refractivity contribution in [2.45, 2.75) is 45.1 Å². The van der Waals surface area contributed by atoms with Gasteiger partial charge in [0.15, 0.2) is 0 Å². The quantitative estimate of drug-likeness (QED) is 0.774. The maximum absolute atomic E-state index is 12.3. The van der Waals surface area contributed by atoms with E-state index in [2.05, 4.69) is 5.32 Å². The van der Waals surface area contributed by atoms with Crippen LogP contribution in [0.1, 0.15) is 39.5 Å². The van der Waals surface area contributed by atoms with Crippen LogP contribution in [0.25, 0.3) is 0 Å². The molecule has 0 aromatic heterocycles. The first kappa shape index (κ1) is 11.4. The monoisotopic (exact) mass is 224 g/mol. The third-order valence-electron chi connectivity index (χ3n) is 3.67. The number of hydrogen-bond acceptors (Lipinski definition) is 2. The molecule has 1 N–H and O–H groups in total. The lowest BCUT2D eigenvalue weighted by molar-refractivity contribution is -0.138. The fourth-order valence-corrected chi connectivity index (χ4v) is 2.14. The third kappa shape index (κ3) is 2.20. The molecule has 0 aromatic rings. The second-order valence-corrected chi connectivity index (χ2v) is 5.18. The molecular formula is C12H20N2O2. The maximum Gasteiger partial charge on any atom is 0.248 e. The summed E-state index contributed by atoms with van der Waals surface area (Å²) < 4.78 is 0. The van der Waals surface area contributed by atoms with E-state index in [1.165, 1.54) is 12.8 Å². The van der Waals surface area contributed by atoms with E-state index in [0.29, 0.717) is 25.3 Å². The number of amides is 2. The number of carbonyl (C=O) groups excluding carboxylic acids is 2. The lowest BCUT2D eigenvalue weighted by Crippen LogP contribution is -2.54. The molecule has 2 rings (SSSR count). The molecule has 1 atom stereocenters. The van der Waals surface area contributed by atoms with Gasteiger partial charge in [0.1, 0.15) is 5.54 Å². The minimum atomic E-state index is -0.692. The van der Waals surface area contributed by atoms with Crippen molar-refractivity contribution >= 4 is 11.8 Å². The summed E-state index contributed by atoms with van der Waals surface area (Å²) in [5.41, 5.74) is -0.692. The van der Waals surface area contributed by atoms with E-state index >= 15 is 0 Å². The molecule has 90 valence electrons. The number of carbonyl (C=O) groups is 2. The molecule has 1 unspecified atom stereocenters. The summed E-state index contributed by atoms with van der Waals surface area (Å²) in [5, 5.41) is 2.85. The number of hydrogen-bond donors (Lipinski definition) is 1. The molecule has 0 radical (unpaired) electrons. The zero-order chi connectivity index (χ0) is 11.8. The van der Waals surface area contributed by atoms with E-state index in [4.69, 9.17) is 0 Å². The van der Waals surface area contributed by atoms with Crippen LogP contribution in [0.3, 0.4) is 0 Å². The molecule has 4 heteroatoms. The Morgan fingerprint density at radius 3 is 2.69 bits per heavy atom. The minimum absolute atomic E-state index is 0.00371. The standard InChI is InChI=1S/C12H20N2O2/c1-3-12(2)11(16)14(8-9-4-5-9)7-6-10(15)13-12/h9H,3-8H2,1-2H3,(H,13,15). The molecule has 16 heavy (non-hydrogen) atoms. The van der Waals surface area contributed by atoms with Crippen LogP contribution in [0.15, 0.2) is 0 Å². The summed E-state index contributed by atoms with van der Waals surface area (Å²) in [6, 6.07) is 0. The van der Waals surface area contributed by atoms with Crippen molar-refractivity contribution in [3.05, 3.63) is 0 Å². The van der Waals surface area contributed by atoms with Crippen LogP contribution in [0.4, 0.5) is 0 Å². The van der Waals surface area contributed by atoms with Gasteiger partial charge in [-0.05, 0) is 32.1 Å². The zero-order valence-corrected chi connectivity index (χ0v) is 10.1. The van der Waals surface area contributed by atoms with E-state index in [0.717, 1.165) is 6.54 Å². The summed E-state index contributed by atoms with van der Waals surface area (Å²) >= 11 is 0. The highest BCUT2D eigenvalue weighted by molar-refractivity contribution is 5.93. The highest BCUT2D eigenvalue weighted by atomic mass is 16.2. The van der Waals surface area contributed by atoms with Crippen LogP contribution in [0, 0.1) is 5.92 Å². The topological polar surface area (TPSA) is 49.4 Å². The van der Waals surface area contributed by atoms with E-state index in [9.17, 15) is 9.59 Å². The fourth-order valence-electron chi connectivity index (χ4n) is 2.14. The lowest BCUT2D eigenvalue weighted by atomic mass is 9.97. The molecule has 2 aliphatic rings. The largest absolute Gasteiger partial charge is 0.342 e. The van der Waals surface area contributed by atoms with Crippen molar-refractivity contribution in [1.29, 1.82) is 0 Å². The van der Waals surface area contributed by atoms with Crippen LogP contribution >= 0.6 is 0 Å². The smallest absolute Gasteiger partial charge is 0.248 e. The average Bonchev–Trinajstić information content (AvgIpc) is 3.06. The molecule has 0 spiro atoms. The highest BCUT2D eigenvalue weighted by Crippen LogP contribution is 2.31. The van der Waals surface area contributed by atoms with Crippen molar-refractivity contribution in [3.8, 4) is 0 Å². The third-order valence-corrected chi connectivity index (χ3v) is 3.67. The van der Waals surface area contributed by atoms with Gasteiger partial charge in [-0.2, -0.15) is 0 Å². The summed E-state index contributed by atoms with van der Waals surface area (Å²) in [4.78, 5) is 25.8. The van der Waals surface area contributed by atoms with Gasteiger partial charge >= 0.3 is 0 Å². The van der Waals surface area contributed by atoms with Crippen LogP contribution < -0.4 is 5.32 Å². The van der Waals surface area contributed by atoms with Gasteiger partial charge in [0.05, 0.1) is 0 Å². The molecule has 2 amide bonds. The highest BCUT2D eigenvalue weighted by Gasteiger charge is 2.40. The molecule has 0 aromatic carbocycles. The lowest BCUT2D eigenvalue weighted by Gasteiger charge is -2.31. The number of nitrogens with zero attached hydrogens (tertiary/aromatic N) is 1. The first-order chi connectivity index (χ1) is 7.55. The van der Waals surface area contributed by atoms with Crippen molar-refractivity contribution < 1.29 is 9.59 Å². The number of rotatable bonds is 3. The number of nitrogens with one attached hydrogen (secondary N) is 1. The van der Waals surface area contributed by atoms with Gasteiger partial charge in [-0.25, -0.2) is 0 Å². The van der Waals surface area contributed by atoms with Crippen molar-refractivity contribution in [2.75, 3.05) is 13.1 Å². The predicted octanol–water partition coefficient (Wildman–Crippen LogP) is 0.914. The zero-order valence-electron chi connectivity index (χ0n) is 10.1. The fraction of sp³-hybridized carbons (Fsp3) is 0.833. The van der Waals surface area contributed by atoms with Gasteiger partial charge in [-0.3, -0.25) is 9.59 Å². The SMILES string of the molecule is CCC1(C)NC(=O)CCN(CC2CC2)C1=O. The van der Waals surface area contributed by atoms with Crippen LogP contribution in [-0.2, 0) is 9.59 Å². The Morgan fingerprint density at radius 2 is 2.12 bits per heavy atom. The summed E-state index contributed by atoms with van der Waals surface area (Å²) in [6.45, 7) is 5.19. The molecule has 1 aliphatic heterocycles. The van der Waals surface area contributed by atoms with Gasteiger partial charge in [0, 0.05) is 19.5 Å². The van der Waals surface area contributed by atoms with E-state index in [1.54, 1.807) is 0 Å². The Kier molecular flexibility index (Phi) is 2.91. The van der Waals surface area contributed by atoms with E-state index in [1.807, 2.05) is 18.7 Å². The molecule has 1 saturated heterocycles. The van der Waals surface area contributed by atoms with Crippen molar-refractivity contribution in [1.82, 2.24) is 10.2 Å². The Balaban J connectivity index is 2.12. The van der Waals surface area contributed by atoms with Gasteiger partial charge in [-0.1, -0.05) is 6.92 Å². The molecule has 0 bridgehead atoms. The Bertz CT molecular complexity index is 312. The normalized spacial score (nSPS) is 31.2. The first-order valence-corrected chi connectivity index (χ1v) is 6.15. The van der Waals surface area contributed by atoms with Crippen LogP contribution in [-0.4, -0.2) is 35.3 Å². The van der Waals surface area contributed by atoms with Gasteiger partial charge in [0.2, 0.25) is 11.8 Å². The minimum Gasteiger partial charge on any atom is -0.342 e. The first-order valence-electron chi connectivity index (χ1n) is 6.15. The molecule has 2 fully saturated rings. The Morgan fingerprint density at radius 1 is 1.44 bits per heavy atom. The average molecular weight is 224 g/mol.